The van der Waals surface area contributed by atoms with Crippen LogP contribution in [0, 0.1) is 0 Å². The third kappa shape index (κ3) is 3.56. The monoisotopic (exact) mass is 236 g/mol. The van der Waals surface area contributed by atoms with E-state index >= 15 is 0 Å². The van der Waals surface area contributed by atoms with Crippen molar-refractivity contribution in [3.05, 3.63) is 36.1 Å². The van der Waals surface area contributed by atoms with Gasteiger partial charge in [0.15, 0.2) is 0 Å². The molecule has 0 spiro atoms. The van der Waals surface area contributed by atoms with Crippen molar-refractivity contribution < 1.29 is 0 Å². The molecule has 0 atom stereocenters. The zero-order chi connectivity index (χ0) is 12.2. The van der Waals surface area contributed by atoms with E-state index in [-0.39, 0.29) is 4.75 Å². The molecule has 0 aliphatic heterocycles. The molecule has 0 bridgehead atoms. The van der Waals surface area contributed by atoms with Gasteiger partial charge in [-0.1, -0.05) is 27.4 Å². The molecule has 2 nitrogen and oxygen atoms in total. The van der Waals surface area contributed by atoms with Crippen LogP contribution in [-0.2, 0) is 0 Å². The summed E-state index contributed by atoms with van der Waals surface area (Å²) in [6, 6.07) is 3.98. The molecule has 0 fully saturated rings. The maximum Gasteiger partial charge on any atom is 0.0681 e. The van der Waals surface area contributed by atoms with E-state index in [9.17, 15) is 0 Å². The Hall–Kier alpha value is -0.960. The van der Waals surface area contributed by atoms with Crippen LogP contribution in [0.1, 0.15) is 27.2 Å². The third-order valence-electron chi connectivity index (χ3n) is 2.67. The van der Waals surface area contributed by atoms with E-state index < -0.39 is 0 Å². The molecule has 0 radical (unpaired) electrons. The van der Waals surface area contributed by atoms with Gasteiger partial charge >= 0.3 is 0 Å². The summed E-state index contributed by atoms with van der Waals surface area (Å²) in [5, 5.41) is 1.07. The Morgan fingerprint density at radius 2 is 2.00 bits per heavy atom. The van der Waals surface area contributed by atoms with E-state index in [2.05, 4.69) is 37.2 Å². The molecule has 1 heterocycles. The molecule has 0 amide bonds. The molecule has 0 aliphatic carbocycles. The number of nitrogens with zero attached hydrogens (tertiary/aromatic N) is 2. The molecule has 0 aliphatic rings. The van der Waals surface area contributed by atoms with Gasteiger partial charge in [0.05, 0.1) is 5.03 Å². The largest absolute Gasteiger partial charge is 0.340 e. The lowest BCUT2D eigenvalue weighted by Crippen LogP contribution is -2.20. The van der Waals surface area contributed by atoms with Crippen LogP contribution < -0.4 is 4.90 Å². The zero-order valence-corrected chi connectivity index (χ0v) is 11.3. The maximum atomic E-state index is 4.13. The first-order valence-electron chi connectivity index (χ1n) is 5.48. The summed E-state index contributed by atoms with van der Waals surface area (Å²) in [5.74, 6) is 0. The van der Waals surface area contributed by atoms with Gasteiger partial charge in [-0.3, -0.25) is 4.98 Å². The second kappa shape index (κ2) is 5.39. The van der Waals surface area contributed by atoms with Crippen LogP contribution in [-0.4, -0.2) is 16.8 Å². The van der Waals surface area contributed by atoms with Crippen molar-refractivity contribution in [2.24, 2.45) is 0 Å². The molecule has 3 heteroatoms. The van der Waals surface area contributed by atoms with Crippen LogP contribution in [0.25, 0.3) is 0 Å². The lowest BCUT2D eigenvalue weighted by Gasteiger charge is -2.28. The quantitative estimate of drug-likeness (QED) is 0.771. The van der Waals surface area contributed by atoms with Gasteiger partial charge in [0.1, 0.15) is 0 Å². The number of rotatable bonds is 5. The second-order valence-electron chi connectivity index (χ2n) is 4.37. The van der Waals surface area contributed by atoms with Crippen molar-refractivity contribution in [2.75, 3.05) is 11.9 Å². The average molecular weight is 236 g/mol. The van der Waals surface area contributed by atoms with Crippen molar-refractivity contribution in [2.45, 2.75) is 31.9 Å². The lowest BCUT2D eigenvalue weighted by molar-refractivity contribution is 0.686. The smallest absolute Gasteiger partial charge is 0.0681 e. The molecule has 0 unspecified atom stereocenters. The van der Waals surface area contributed by atoms with E-state index in [1.165, 1.54) is 0 Å². The van der Waals surface area contributed by atoms with E-state index in [1.807, 2.05) is 30.9 Å². The fourth-order valence-corrected chi connectivity index (χ4v) is 2.20. The molecular formula is C13H20N2S. The number of pyridine rings is 1. The maximum absolute atomic E-state index is 4.13. The van der Waals surface area contributed by atoms with E-state index in [0.717, 1.165) is 17.1 Å². The van der Waals surface area contributed by atoms with Crippen molar-refractivity contribution >= 4 is 17.4 Å². The minimum absolute atomic E-state index is 0.234. The standard InChI is InChI=1S/C13H20N2S/c1-6-13(3,4)16-11(2)15(5)12-7-9-14-10-8-12/h7-10H,2,6H2,1,3-5H3. The number of anilines is 1. The van der Waals surface area contributed by atoms with Gasteiger partial charge in [0.2, 0.25) is 0 Å². The first-order chi connectivity index (χ1) is 7.46. The Balaban J connectivity index is 2.69. The summed E-state index contributed by atoms with van der Waals surface area (Å²) in [7, 11) is 2.04. The van der Waals surface area contributed by atoms with Crippen molar-refractivity contribution in [1.29, 1.82) is 0 Å². The minimum Gasteiger partial charge on any atom is -0.340 e. The topological polar surface area (TPSA) is 16.1 Å². The highest BCUT2D eigenvalue weighted by molar-refractivity contribution is 8.04. The molecule has 0 aromatic carbocycles. The molecule has 0 saturated heterocycles. The van der Waals surface area contributed by atoms with Gasteiger partial charge in [-0.05, 0) is 18.6 Å². The Kier molecular flexibility index (Phi) is 4.42. The fourth-order valence-electron chi connectivity index (χ4n) is 1.17. The Bertz CT molecular complexity index is 346. The van der Waals surface area contributed by atoms with Crippen LogP contribution in [0.3, 0.4) is 0 Å². The second-order valence-corrected chi connectivity index (χ2v) is 6.15. The lowest BCUT2D eigenvalue weighted by atomic mass is 10.1. The summed E-state index contributed by atoms with van der Waals surface area (Å²) in [6.45, 7) is 10.8. The molecule has 88 valence electrons. The predicted molar refractivity (Wildman–Crippen MR) is 73.7 cm³/mol. The van der Waals surface area contributed by atoms with Gasteiger partial charge in [-0.25, -0.2) is 0 Å². The highest BCUT2D eigenvalue weighted by Crippen LogP contribution is 2.35. The highest BCUT2D eigenvalue weighted by Gasteiger charge is 2.19. The molecule has 0 N–H and O–H groups in total. The summed E-state index contributed by atoms with van der Waals surface area (Å²) in [6.07, 6.45) is 4.73. The number of aromatic nitrogens is 1. The molecule has 0 saturated carbocycles. The summed E-state index contributed by atoms with van der Waals surface area (Å²) in [5.41, 5.74) is 1.12. The van der Waals surface area contributed by atoms with Crippen molar-refractivity contribution in [1.82, 2.24) is 4.98 Å². The van der Waals surface area contributed by atoms with Crippen molar-refractivity contribution in [3.8, 4) is 0 Å². The Morgan fingerprint density at radius 3 is 2.50 bits per heavy atom. The van der Waals surface area contributed by atoms with Crippen LogP contribution in [0.2, 0.25) is 0 Å². The average Bonchev–Trinajstić information content (AvgIpc) is 2.28. The van der Waals surface area contributed by atoms with Gasteiger partial charge < -0.3 is 4.90 Å². The van der Waals surface area contributed by atoms with Gasteiger partial charge in [0, 0.05) is 29.9 Å². The summed E-state index contributed by atoms with van der Waals surface area (Å²) < 4.78 is 0.234. The molecule has 1 aromatic rings. The predicted octanol–water partition coefficient (Wildman–Crippen LogP) is 3.91. The van der Waals surface area contributed by atoms with Crippen LogP contribution in [0.5, 0.6) is 0 Å². The first-order valence-corrected chi connectivity index (χ1v) is 6.29. The third-order valence-corrected chi connectivity index (χ3v) is 4.02. The minimum atomic E-state index is 0.234. The van der Waals surface area contributed by atoms with Crippen LogP contribution in [0.4, 0.5) is 5.69 Å². The molecule has 16 heavy (non-hydrogen) atoms. The number of thioether (sulfide) groups is 1. The Morgan fingerprint density at radius 1 is 1.44 bits per heavy atom. The Labute approximate surface area is 103 Å². The van der Waals surface area contributed by atoms with Crippen molar-refractivity contribution in [3.63, 3.8) is 0 Å². The number of hydrogen-bond acceptors (Lipinski definition) is 3. The van der Waals surface area contributed by atoms with Crippen LogP contribution >= 0.6 is 11.8 Å². The van der Waals surface area contributed by atoms with E-state index in [4.69, 9.17) is 0 Å². The number of hydrogen-bond donors (Lipinski definition) is 0. The van der Waals surface area contributed by atoms with Gasteiger partial charge in [0.25, 0.3) is 0 Å². The van der Waals surface area contributed by atoms with Gasteiger partial charge in [-0.15, -0.1) is 11.8 Å². The summed E-state index contributed by atoms with van der Waals surface area (Å²) >= 11 is 1.82. The van der Waals surface area contributed by atoms with Gasteiger partial charge in [-0.2, -0.15) is 0 Å². The fraction of sp³-hybridized carbons (Fsp3) is 0.462. The normalized spacial score (nSPS) is 11.2. The highest BCUT2D eigenvalue weighted by atomic mass is 32.2. The molecule has 1 aromatic heterocycles. The molecule has 1 rings (SSSR count). The SMILES string of the molecule is C=C(SC(C)(C)CC)N(C)c1ccncc1. The van der Waals surface area contributed by atoms with E-state index in [0.29, 0.717) is 0 Å². The summed E-state index contributed by atoms with van der Waals surface area (Å²) in [4.78, 5) is 6.12. The molecular weight excluding hydrogens is 216 g/mol. The first kappa shape index (κ1) is 13.1. The van der Waals surface area contributed by atoms with Crippen LogP contribution in [0.15, 0.2) is 36.1 Å². The van der Waals surface area contributed by atoms with E-state index in [1.54, 1.807) is 12.4 Å². The zero-order valence-electron chi connectivity index (χ0n) is 10.5.